The first-order chi connectivity index (χ1) is 7.50. The minimum absolute atomic E-state index is 0.0767. The van der Waals surface area contributed by atoms with Gasteiger partial charge in [-0.15, -0.1) is 0 Å². The summed E-state index contributed by atoms with van der Waals surface area (Å²) in [5.74, 6) is 0.0767. The summed E-state index contributed by atoms with van der Waals surface area (Å²) in [4.78, 5) is 15.0. The Labute approximate surface area is 93.9 Å². The van der Waals surface area contributed by atoms with Crippen LogP contribution in [0.25, 0.3) is 10.9 Å². The molecule has 0 saturated heterocycles. The Balaban J connectivity index is 2.36. The second kappa shape index (κ2) is 2.67. The molecule has 0 bridgehead atoms. The van der Waals surface area contributed by atoms with E-state index >= 15 is 0 Å². The third-order valence-electron chi connectivity index (χ3n) is 3.52. The Morgan fingerprint density at radius 1 is 1.25 bits per heavy atom. The zero-order chi connectivity index (χ0) is 11.5. The zero-order valence-electron chi connectivity index (χ0n) is 9.64. The standard InChI is InChI=1S/C13H14N2O/c1-7-6-14-10-5-11-9(4-8(7)10)13(2,3)12(16)15-11/h4-6,14H,1-3H3,(H,15,16). The highest BCUT2D eigenvalue weighted by Gasteiger charge is 2.38. The SMILES string of the molecule is Cc1c[nH]c2cc3c(cc12)C(C)(C)C(=O)N3. The van der Waals surface area contributed by atoms with Gasteiger partial charge in [-0.2, -0.15) is 0 Å². The summed E-state index contributed by atoms with van der Waals surface area (Å²) in [6.07, 6.45) is 1.99. The van der Waals surface area contributed by atoms with Crippen molar-refractivity contribution in [3.05, 3.63) is 29.5 Å². The van der Waals surface area contributed by atoms with Crippen molar-refractivity contribution in [2.24, 2.45) is 0 Å². The van der Waals surface area contributed by atoms with Crippen LogP contribution < -0.4 is 5.32 Å². The summed E-state index contributed by atoms with van der Waals surface area (Å²) in [7, 11) is 0. The number of rotatable bonds is 0. The van der Waals surface area contributed by atoms with Gasteiger partial charge >= 0.3 is 0 Å². The Kier molecular flexibility index (Phi) is 1.58. The average Bonchev–Trinajstić information content (AvgIpc) is 2.67. The molecule has 1 aromatic heterocycles. The minimum atomic E-state index is -0.423. The van der Waals surface area contributed by atoms with E-state index in [1.807, 2.05) is 26.1 Å². The van der Waals surface area contributed by atoms with Crippen LogP contribution in [-0.2, 0) is 10.2 Å². The van der Waals surface area contributed by atoms with E-state index in [1.165, 1.54) is 10.9 Å². The highest BCUT2D eigenvalue weighted by Crippen LogP contribution is 2.39. The molecule has 0 fully saturated rings. The van der Waals surface area contributed by atoms with Gasteiger partial charge in [0, 0.05) is 22.8 Å². The monoisotopic (exact) mass is 214 g/mol. The van der Waals surface area contributed by atoms with Crippen LogP contribution in [-0.4, -0.2) is 10.9 Å². The number of fused-ring (bicyclic) bond motifs is 2. The molecule has 3 nitrogen and oxygen atoms in total. The molecule has 3 rings (SSSR count). The zero-order valence-corrected chi connectivity index (χ0v) is 9.64. The van der Waals surface area contributed by atoms with E-state index in [1.54, 1.807) is 0 Å². The number of amides is 1. The van der Waals surface area contributed by atoms with Gasteiger partial charge in [0.15, 0.2) is 0 Å². The minimum Gasteiger partial charge on any atom is -0.361 e. The normalized spacial score (nSPS) is 17.6. The Morgan fingerprint density at radius 2 is 2.00 bits per heavy atom. The molecule has 3 heteroatoms. The molecule has 0 spiro atoms. The van der Waals surface area contributed by atoms with E-state index in [0.717, 1.165) is 16.8 Å². The molecule has 1 aliphatic rings. The smallest absolute Gasteiger partial charge is 0.234 e. The first-order valence-corrected chi connectivity index (χ1v) is 5.44. The molecule has 0 aliphatic carbocycles. The highest BCUT2D eigenvalue weighted by molar-refractivity contribution is 6.08. The maximum absolute atomic E-state index is 11.8. The van der Waals surface area contributed by atoms with Crippen LogP contribution in [0.4, 0.5) is 5.69 Å². The van der Waals surface area contributed by atoms with Gasteiger partial charge in [-0.05, 0) is 44.0 Å². The average molecular weight is 214 g/mol. The van der Waals surface area contributed by atoms with Crippen molar-refractivity contribution >= 4 is 22.5 Å². The summed E-state index contributed by atoms with van der Waals surface area (Å²) in [5, 5.41) is 4.13. The molecule has 1 aromatic carbocycles. The number of benzene rings is 1. The topological polar surface area (TPSA) is 44.9 Å². The Bertz CT molecular complexity index is 608. The molecule has 16 heavy (non-hydrogen) atoms. The largest absolute Gasteiger partial charge is 0.361 e. The number of anilines is 1. The van der Waals surface area contributed by atoms with Crippen LogP contribution in [0.1, 0.15) is 25.0 Å². The van der Waals surface area contributed by atoms with Crippen molar-refractivity contribution in [3.63, 3.8) is 0 Å². The molecule has 82 valence electrons. The lowest BCUT2D eigenvalue weighted by Gasteiger charge is -2.14. The van der Waals surface area contributed by atoms with Crippen molar-refractivity contribution in [2.45, 2.75) is 26.2 Å². The van der Waals surface area contributed by atoms with Crippen LogP contribution in [0.3, 0.4) is 0 Å². The molecule has 2 N–H and O–H groups in total. The molecule has 1 amide bonds. The van der Waals surface area contributed by atoms with Crippen molar-refractivity contribution in [2.75, 3.05) is 5.32 Å². The van der Waals surface area contributed by atoms with Gasteiger partial charge in [0.05, 0.1) is 5.41 Å². The lowest BCUT2D eigenvalue weighted by atomic mass is 9.85. The number of carbonyl (C=O) groups is 1. The quantitative estimate of drug-likeness (QED) is 0.695. The predicted molar refractivity (Wildman–Crippen MR) is 64.7 cm³/mol. The van der Waals surface area contributed by atoms with Crippen LogP contribution in [0.2, 0.25) is 0 Å². The van der Waals surface area contributed by atoms with Gasteiger partial charge in [-0.1, -0.05) is 0 Å². The Morgan fingerprint density at radius 3 is 2.75 bits per heavy atom. The number of hydrogen-bond donors (Lipinski definition) is 2. The van der Waals surface area contributed by atoms with Gasteiger partial charge in [0.25, 0.3) is 0 Å². The molecule has 1 aliphatic heterocycles. The molecule has 2 aromatic rings. The summed E-state index contributed by atoms with van der Waals surface area (Å²) in [5.41, 5.74) is 3.90. The van der Waals surface area contributed by atoms with E-state index in [4.69, 9.17) is 0 Å². The first-order valence-electron chi connectivity index (χ1n) is 5.44. The second-order valence-corrected chi connectivity index (χ2v) is 4.99. The van der Waals surface area contributed by atoms with Crippen LogP contribution >= 0.6 is 0 Å². The van der Waals surface area contributed by atoms with Gasteiger partial charge < -0.3 is 10.3 Å². The van der Waals surface area contributed by atoms with Crippen molar-refractivity contribution in [1.29, 1.82) is 0 Å². The molecule has 0 unspecified atom stereocenters. The molecule has 0 saturated carbocycles. The number of nitrogens with one attached hydrogen (secondary N) is 2. The highest BCUT2D eigenvalue weighted by atomic mass is 16.2. The number of aromatic amines is 1. The number of carbonyl (C=O) groups excluding carboxylic acids is 1. The van der Waals surface area contributed by atoms with Gasteiger partial charge in [-0.25, -0.2) is 0 Å². The second-order valence-electron chi connectivity index (χ2n) is 4.99. The molecule has 0 atom stereocenters. The fourth-order valence-electron chi connectivity index (χ4n) is 2.33. The van der Waals surface area contributed by atoms with Gasteiger partial charge in [0.1, 0.15) is 0 Å². The summed E-state index contributed by atoms with van der Waals surface area (Å²) < 4.78 is 0. The van der Waals surface area contributed by atoms with Crippen molar-refractivity contribution in [1.82, 2.24) is 4.98 Å². The predicted octanol–water partition coefficient (Wildman–Crippen LogP) is 2.71. The summed E-state index contributed by atoms with van der Waals surface area (Å²) in [6, 6.07) is 4.14. The Hall–Kier alpha value is -1.77. The molecular formula is C13H14N2O. The fraction of sp³-hybridized carbons (Fsp3) is 0.308. The number of hydrogen-bond acceptors (Lipinski definition) is 1. The maximum atomic E-state index is 11.8. The van der Waals surface area contributed by atoms with Crippen LogP contribution in [0.15, 0.2) is 18.3 Å². The number of aromatic nitrogens is 1. The lowest BCUT2D eigenvalue weighted by molar-refractivity contribution is -0.119. The number of H-pyrrole nitrogens is 1. The summed E-state index contributed by atoms with van der Waals surface area (Å²) >= 11 is 0. The van der Waals surface area contributed by atoms with Crippen molar-refractivity contribution < 1.29 is 4.79 Å². The summed E-state index contributed by atoms with van der Waals surface area (Å²) in [6.45, 7) is 5.99. The van der Waals surface area contributed by atoms with E-state index in [9.17, 15) is 4.79 Å². The third kappa shape index (κ3) is 1.00. The third-order valence-corrected chi connectivity index (χ3v) is 3.52. The van der Waals surface area contributed by atoms with E-state index < -0.39 is 5.41 Å². The van der Waals surface area contributed by atoms with Gasteiger partial charge in [0.2, 0.25) is 5.91 Å². The van der Waals surface area contributed by atoms with E-state index in [2.05, 4.69) is 23.3 Å². The molecule has 2 heterocycles. The van der Waals surface area contributed by atoms with Crippen molar-refractivity contribution in [3.8, 4) is 0 Å². The molecular weight excluding hydrogens is 200 g/mol. The van der Waals surface area contributed by atoms with Crippen LogP contribution in [0, 0.1) is 6.92 Å². The van der Waals surface area contributed by atoms with E-state index in [0.29, 0.717) is 0 Å². The fourth-order valence-corrected chi connectivity index (χ4v) is 2.33. The van der Waals surface area contributed by atoms with Gasteiger partial charge in [-0.3, -0.25) is 4.79 Å². The molecule has 0 radical (unpaired) electrons. The first kappa shape index (κ1) is 9.46. The maximum Gasteiger partial charge on any atom is 0.234 e. The van der Waals surface area contributed by atoms with Crippen LogP contribution in [0.5, 0.6) is 0 Å². The van der Waals surface area contributed by atoms with E-state index in [-0.39, 0.29) is 5.91 Å². The lowest BCUT2D eigenvalue weighted by Crippen LogP contribution is -2.26. The number of aryl methyl sites for hydroxylation is 1.